The third-order valence-electron chi connectivity index (χ3n) is 3.52. The standard InChI is InChI=1S/C13H22N4O4P2/c1-13(2,3)21-12(18)15-6-4-5-8(7-15)16-11(23)9(17(19)20)10(22)14-16/h8H,4-7,22-23H2,1-3H3. The summed E-state index contributed by atoms with van der Waals surface area (Å²) in [4.78, 5) is 24.5. The monoisotopic (exact) mass is 360 g/mol. The second kappa shape index (κ2) is 6.70. The van der Waals surface area contributed by atoms with E-state index in [-0.39, 0.29) is 17.8 Å². The van der Waals surface area contributed by atoms with E-state index < -0.39 is 10.5 Å². The Balaban J connectivity index is 2.17. The summed E-state index contributed by atoms with van der Waals surface area (Å²) >= 11 is 0. The predicted octanol–water partition coefficient (Wildman–Crippen LogP) is 1.36. The van der Waals surface area contributed by atoms with Crippen molar-refractivity contribution in [3.05, 3.63) is 10.1 Å². The van der Waals surface area contributed by atoms with Crippen molar-refractivity contribution in [3.8, 4) is 0 Å². The van der Waals surface area contributed by atoms with Crippen molar-refractivity contribution >= 4 is 41.1 Å². The van der Waals surface area contributed by atoms with Gasteiger partial charge >= 0.3 is 11.8 Å². The summed E-state index contributed by atoms with van der Waals surface area (Å²) in [5.74, 6) is 0. The first-order valence-electron chi connectivity index (χ1n) is 7.36. The summed E-state index contributed by atoms with van der Waals surface area (Å²) in [6, 6.07) is -0.100. The van der Waals surface area contributed by atoms with Crippen LogP contribution in [0.5, 0.6) is 0 Å². The number of hydrogen-bond donors (Lipinski definition) is 0. The van der Waals surface area contributed by atoms with Crippen LogP contribution in [0, 0.1) is 10.1 Å². The number of amides is 1. The first-order valence-corrected chi connectivity index (χ1v) is 8.51. The summed E-state index contributed by atoms with van der Waals surface area (Å²) < 4.78 is 7.03. The van der Waals surface area contributed by atoms with Gasteiger partial charge in [0, 0.05) is 13.1 Å². The fourth-order valence-electron chi connectivity index (χ4n) is 2.57. The van der Waals surface area contributed by atoms with Crippen LogP contribution in [0.4, 0.5) is 10.5 Å². The molecule has 0 aromatic carbocycles. The van der Waals surface area contributed by atoms with Crippen LogP contribution < -0.4 is 10.9 Å². The lowest BCUT2D eigenvalue weighted by molar-refractivity contribution is -0.382. The number of carbonyl (C=O) groups is 1. The summed E-state index contributed by atoms with van der Waals surface area (Å²) in [6.07, 6.45) is 1.25. The molecule has 0 bridgehead atoms. The van der Waals surface area contributed by atoms with Gasteiger partial charge in [-0.2, -0.15) is 5.10 Å². The van der Waals surface area contributed by atoms with Crippen LogP contribution in [0.3, 0.4) is 0 Å². The number of likely N-dealkylation sites (tertiary alicyclic amines) is 1. The first-order chi connectivity index (χ1) is 10.6. The molecule has 0 aliphatic carbocycles. The molecule has 0 spiro atoms. The van der Waals surface area contributed by atoms with E-state index in [4.69, 9.17) is 4.74 Å². The van der Waals surface area contributed by atoms with Crippen molar-refractivity contribution in [2.45, 2.75) is 45.3 Å². The van der Waals surface area contributed by atoms with Crippen LogP contribution in [-0.4, -0.2) is 44.4 Å². The van der Waals surface area contributed by atoms with E-state index >= 15 is 0 Å². The van der Waals surface area contributed by atoms with Crippen molar-refractivity contribution in [2.75, 3.05) is 13.1 Å². The first kappa shape index (κ1) is 18.1. The molecule has 1 aliphatic rings. The third-order valence-corrected chi connectivity index (χ3v) is 4.45. The fourth-order valence-corrected chi connectivity index (χ4v) is 3.64. The molecular formula is C13H22N4O4P2. The fraction of sp³-hybridized carbons (Fsp3) is 0.692. The van der Waals surface area contributed by atoms with Crippen LogP contribution in [0.15, 0.2) is 0 Å². The SMILES string of the molecule is CC(C)(C)OC(=O)N1CCCC(n2nc(P)c([N+](=O)[O-])c2P)C1. The second-order valence-electron chi connectivity index (χ2n) is 6.54. The van der Waals surface area contributed by atoms with Crippen molar-refractivity contribution in [1.82, 2.24) is 14.7 Å². The average Bonchev–Trinajstić information content (AvgIpc) is 2.72. The molecule has 1 fully saturated rings. The number of nitrogens with zero attached hydrogens (tertiary/aromatic N) is 4. The number of hydrogen-bond acceptors (Lipinski definition) is 5. The zero-order chi connectivity index (χ0) is 17.4. The van der Waals surface area contributed by atoms with E-state index in [1.54, 1.807) is 9.58 Å². The van der Waals surface area contributed by atoms with Gasteiger partial charge in [0.05, 0.1) is 11.0 Å². The summed E-state index contributed by atoms with van der Waals surface area (Å²) in [7, 11) is 4.67. The predicted molar refractivity (Wildman–Crippen MR) is 93.6 cm³/mol. The Kier molecular flexibility index (Phi) is 5.27. The number of ether oxygens (including phenoxy) is 1. The van der Waals surface area contributed by atoms with Crippen LogP contribution >= 0.6 is 18.5 Å². The quantitative estimate of drug-likeness (QED) is 0.451. The highest BCUT2D eigenvalue weighted by atomic mass is 31.0. The molecule has 128 valence electrons. The number of rotatable bonds is 2. The largest absolute Gasteiger partial charge is 0.444 e. The maximum Gasteiger partial charge on any atom is 0.410 e. The van der Waals surface area contributed by atoms with Crippen LogP contribution in [0.2, 0.25) is 0 Å². The van der Waals surface area contributed by atoms with Gasteiger partial charge in [-0.3, -0.25) is 14.8 Å². The van der Waals surface area contributed by atoms with Gasteiger partial charge in [-0.05, 0) is 33.6 Å². The van der Waals surface area contributed by atoms with Gasteiger partial charge in [-0.1, -0.05) is 18.5 Å². The molecule has 8 nitrogen and oxygen atoms in total. The number of carbonyl (C=O) groups excluding carboxylic acids is 1. The Labute approximate surface area is 139 Å². The molecule has 1 aromatic rings. The summed E-state index contributed by atoms with van der Waals surface area (Å²) in [6.45, 7) is 6.52. The van der Waals surface area contributed by atoms with E-state index in [0.717, 1.165) is 12.8 Å². The lowest BCUT2D eigenvalue weighted by atomic mass is 10.1. The summed E-state index contributed by atoms with van der Waals surface area (Å²) in [5, 5.41) is 15.4. The molecule has 1 saturated heterocycles. The molecule has 2 rings (SSSR count). The molecule has 1 aromatic heterocycles. The van der Waals surface area contributed by atoms with Gasteiger partial charge in [-0.15, -0.1) is 0 Å². The second-order valence-corrected chi connectivity index (χ2v) is 7.64. The normalized spacial score (nSPS) is 18.8. The number of piperidine rings is 1. The minimum atomic E-state index is -0.548. The molecule has 0 N–H and O–H groups in total. The van der Waals surface area contributed by atoms with Crippen LogP contribution in [0.1, 0.15) is 39.7 Å². The zero-order valence-corrected chi connectivity index (χ0v) is 15.8. The van der Waals surface area contributed by atoms with Gasteiger partial charge < -0.3 is 9.64 Å². The minimum absolute atomic E-state index is 0.0191. The molecule has 0 radical (unpaired) electrons. The van der Waals surface area contributed by atoms with Crippen molar-refractivity contribution < 1.29 is 14.5 Å². The Morgan fingerprint density at radius 2 is 2.09 bits per heavy atom. The molecule has 3 unspecified atom stereocenters. The van der Waals surface area contributed by atoms with Crippen molar-refractivity contribution in [2.24, 2.45) is 0 Å². The van der Waals surface area contributed by atoms with Gasteiger partial charge in [0.1, 0.15) is 11.0 Å². The molecule has 1 aliphatic heterocycles. The van der Waals surface area contributed by atoms with E-state index in [2.05, 4.69) is 23.6 Å². The average molecular weight is 360 g/mol. The maximum absolute atomic E-state index is 12.2. The molecule has 10 heteroatoms. The van der Waals surface area contributed by atoms with E-state index in [9.17, 15) is 14.9 Å². The smallest absolute Gasteiger partial charge is 0.410 e. The van der Waals surface area contributed by atoms with Gasteiger partial charge in [-0.25, -0.2) is 4.79 Å². The summed E-state index contributed by atoms with van der Waals surface area (Å²) in [5.41, 5.74) is 0.160. The van der Waals surface area contributed by atoms with Crippen LogP contribution in [-0.2, 0) is 4.74 Å². The van der Waals surface area contributed by atoms with E-state index in [0.29, 0.717) is 24.0 Å². The zero-order valence-electron chi connectivity index (χ0n) is 13.5. The molecule has 0 saturated carbocycles. The number of nitro groups is 1. The Morgan fingerprint density at radius 1 is 1.43 bits per heavy atom. The van der Waals surface area contributed by atoms with Crippen molar-refractivity contribution in [1.29, 1.82) is 0 Å². The van der Waals surface area contributed by atoms with E-state index in [1.165, 1.54) is 0 Å². The topological polar surface area (TPSA) is 90.5 Å². The lowest BCUT2D eigenvalue weighted by Crippen LogP contribution is -2.44. The molecule has 2 heterocycles. The minimum Gasteiger partial charge on any atom is -0.444 e. The molecule has 3 atom stereocenters. The third kappa shape index (κ3) is 4.18. The van der Waals surface area contributed by atoms with Gasteiger partial charge in [0.25, 0.3) is 0 Å². The number of aromatic nitrogens is 2. The Hall–Kier alpha value is -1.26. The highest BCUT2D eigenvalue weighted by Gasteiger charge is 2.32. The van der Waals surface area contributed by atoms with Gasteiger partial charge in [0.15, 0.2) is 5.44 Å². The Morgan fingerprint density at radius 3 is 2.61 bits per heavy atom. The molecule has 23 heavy (non-hydrogen) atoms. The highest BCUT2D eigenvalue weighted by Crippen LogP contribution is 2.24. The lowest BCUT2D eigenvalue weighted by Gasteiger charge is -2.34. The van der Waals surface area contributed by atoms with Crippen LogP contribution in [0.25, 0.3) is 0 Å². The highest BCUT2D eigenvalue weighted by molar-refractivity contribution is 7.30. The van der Waals surface area contributed by atoms with E-state index in [1.807, 2.05) is 20.8 Å². The Bertz CT molecular complexity index is 626. The van der Waals surface area contributed by atoms with Gasteiger partial charge in [0.2, 0.25) is 0 Å². The maximum atomic E-state index is 12.2. The van der Waals surface area contributed by atoms with Crippen molar-refractivity contribution in [3.63, 3.8) is 0 Å². The molecule has 1 amide bonds. The molecular weight excluding hydrogens is 338 g/mol.